The second kappa shape index (κ2) is 9.22. The van der Waals surface area contributed by atoms with Crippen LogP contribution in [-0.2, 0) is 4.74 Å². The van der Waals surface area contributed by atoms with E-state index in [-0.39, 0.29) is 12.3 Å². The lowest BCUT2D eigenvalue weighted by Gasteiger charge is -2.32. The number of carboxylic acid groups (broad SMARTS) is 1. The molecule has 0 unspecified atom stereocenters. The summed E-state index contributed by atoms with van der Waals surface area (Å²) >= 11 is 0. The molecule has 0 fully saturated rings. The number of fused-ring (bicyclic) bond motifs is 3. The number of amides is 1. The number of nitrogens with zero attached hydrogens (tertiary/aromatic N) is 7. The number of aromatic nitrogens is 6. The van der Waals surface area contributed by atoms with Crippen LogP contribution >= 0.6 is 0 Å². The second-order valence-electron chi connectivity index (χ2n) is 10.1. The molecule has 204 valence electrons. The van der Waals surface area contributed by atoms with Gasteiger partial charge in [0.25, 0.3) is 0 Å². The first-order valence-corrected chi connectivity index (χ1v) is 12.4. The molecule has 0 saturated carbocycles. The Balaban J connectivity index is 1.52. The van der Waals surface area contributed by atoms with Gasteiger partial charge in [0.15, 0.2) is 11.3 Å². The largest absolute Gasteiger partial charge is 0.494 e. The molecule has 1 amide bonds. The van der Waals surface area contributed by atoms with Gasteiger partial charge in [0.2, 0.25) is 0 Å². The van der Waals surface area contributed by atoms with Crippen molar-refractivity contribution in [1.82, 2.24) is 29.4 Å². The monoisotopic (exact) mass is 543 g/mol. The topological polar surface area (TPSA) is 146 Å². The van der Waals surface area contributed by atoms with Gasteiger partial charge < -0.3 is 19.3 Å². The predicted octanol–water partition coefficient (Wildman–Crippen LogP) is 3.97. The smallest absolute Gasteiger partial charge is 0.415 e. The zero-order chi connectivity index (χ0) is 28.2. The minimum absolute atomic E-state index is 0.178. The molecule has 0 aliphatic carbocycles. The maximum atomic E-state index is 12.9. The van der Waals surface area contributed by atoms with E-state index in [1.54, 1.807) is 68.1 Å². The van der Waals surface area contributed by atoms with Crippen molar-refractivity contribution < 1.29 is 28.9 Å². The number of carbonyl (C=O) groups is 2. The Morgan fingerprint density at radius 3 is 2.67 bits per heavy atom. The van der Waals surface area contributed by atoms with E-state index in [9.17, 15) is 14.7 Å². The third-order valence-corrected chi connectivity index (χ3v) is 6.29. The molecule has 13 heteroatoms. The number of methoxy groups -OCH3 is 1. The molecule has 13 nitrogen and oxygen atoms in total. The number of aromatic carboxylic acids is 1. The second-order valence-corrected chi connectivity index (χ2v) is 10.1. The van der Waals surface area contributed by atoms with E-state index in [1.807, 2.05) is 0 Å². The first kappa shape index (κ1) is 25.1. The summed E-state index contributed by atoms with van der Waals surface area (Å²) in [7, 11) is 1.48. The van der Waals surface area contributed by atoms with E-state index >= 15 is 0 Å². The Bertz CT molecular complexity index is 1800. The SMILES string of the molecule is COc1cc2c(cc1-n1nc(C(=O)O)c3cnc(-c4cnn5cccnc45)cc31)OCCN2C(=O)OC(C)(C)C. The Hall–Kier alpha value is -5.20. The number of rotatable bonds is 4. The lowest BCUT2D eigenvalue weighted by Crippen LogP contribution is -2.41. The van der Waals surface area contributed by atoms with E-state index in [1.165, 1.54) is 22.9 Å². The van der Waals surface area contributed by atoms with Gasteiger partial charge in [-0.1, -0.05) is 0 Å². The number of carbonyl (C=O) groups excluding carboxylic acids is 1. The fourth-order valence-corrected chi connectivity index (χ4v) is 4.58. The molecule has 1 aliphatic rings. The average molecular weight is 544 g/mol. The molecular weight excluding hydrogens is 518 g/mol. The summed E-state index contributed by atoms with van der Waals surface area (Å²) in [5.74, 6) is -0.468. The molecule has 0 spiro atoms. The number of ether oxygens (including phenoxy) is 3. The summed E-state index contributed by atoms with van der Waals surface area (Å²) in [5.41, 5.74) is 2.29. The highest BCUT2D eigenvalue weighted by Gasteiger charge is 2.31. The normalized spacial score (nSPS) is 13.2. The van der Waals surface area contributed by atoms with Crippen LogP contribution in [0.3, 0.4) is 0 Å². The Kier molecular flexibility index (Phi) is 5.79. The van der Waals surface area contributed by atoms with E-state index in [0.29, 0.717) is 57.2 Å². The summed E-state index contributed by atoms with van der Waals surface area (Å²) < 4.78 is 20.3. The number of hydrogen-bond donors (Lipinski definition) is 1. The molecule has 6 rings (SSSR count). The quantitative estimate of drug-likeness (QED) is 0.353. The van der Waals surface area contributed by atoms with Crippen molar-refractivity contribution in [2.24, 2.45) is 0 Å². The van der Waals surface area contributed by atoms with Gasteiger partial charge in [-0.25, -0.2) is 23.8 Å². The third kappa shape index (κ3) is 4.21. The van der Waals surface area contributed by atoms with E-state index in [2.05, 4.69) is 20.2 Å². The van der Waals surface area contributed by atoms with E-state index in [0.717, 1.165) is 0 Å². The average Bonchev–Trinajstić information content (AvgIpc) is 3.52. The van der Waals surface area contributed by atoms with Crippen molar-refractivity contribution in [1.29, 1.82) is 0 Å². The number of pyridine rings is 1. The maximum absolute atomic E-state index is 12.9. The summed E-state index contributed by atoms with van der Waals surface area (Å²) in [5, 5.41) is 19.0. The summed E-state index contributed by atoms with van der Waals surface area (Å²) in [6.07, 6.45) is 6.03. The van der Waals surface area contributed by atoms with Crippen molar-refractivity contribution in [2.45, 2.75) is 26.4 Å². The molecule has 5 heterocycles. The van der Waals surface area contributed by atoms with Crippen molar-refractivity contribution in [3.05, 3.63) is 54.7 Å². The third-order valence-electron chi connectivity index (χ3n) is 6.29. The molecule has 0 saturated heterocycles. The van der Waals surface area contributed by atoms with Gasteiger partial charge >= 0.3 is 12.1 Å². The van der Waals surface area contributed by atoms with Crippen LogP contribution in [0.5, 0.6) is 11.5 Å². The van der Waals surface area contributed by atoms with Crippen LogP contribution in [0.4, 0.5) is 10.5 Å². The van der Waals surface area contributed by atoms with Gasteiger partial charge in [-0.15, -0.1) is 0 Å². The highest BCUT2D eigenvalue weighted by molar-refractivity contribution is 6.02. The molecule has 1 aromatic carbocycles. The minimum atomic E-state index is -1.21. The molecular formula is C27H25N7O6. The number of carboxylic acids is 1. The minimum Gasteiger partial charge on any atom is -0.494 e. The first-order chi connectivity index (χ1) is 19.1. The predicted molar refractivity (Wildman–Crippen MR) is 143 cm³/mol. The summed E-state index contributed by atoms with van der Waals surface area (Å²) in [6.45, 7) is 5.93. The summed E-state index contributed by atoms with van der Waals surface area (Å²) in [4.78, 5) is 35.4. The van der Waals surface area contributed by atoms with Crippen molar-refractivity contribution in [3.63, 3.8) is 0 Å². The number of anilines is 1. The van der Waals surface area contributed by atoms with Crippen LogP contribution in [-0.4, -0.2) is 72.4 Å². The molecule has 5 aromatic rings. The zero-order valence-corrected chi connectivity index (χ0v) is 22.2. The van der Waals surface area contributed by atoms with Gasteiger partial charge in [0, 0.05) is 30.7 Å². The van der Waals surface area contributed by atoms with Gasteiger partial charge in [0.05, 0.1) is 47.7 Å². The first-order valence-electron chi connectivity index (χ1n) is 12.4. The highest BCUT2D eigenvalue weighted by atomic mass is 16.6. The molecule has 1 N–H and O–H groups in total. The zero-order valence-electron chi connectivity index (χ0n) is 22.2. The number of benzene rings is 1. The van der Waals surface area contributed by atoms with Crippen LogP contribution in [0.15, 0.2) is 49.1 Å². The maximum Gasteiger partial charge on any atom is 0.415 e. The molecule has 1 aliphatic heterocycles. The molecule has 40 heavy (non-hydrogen) atoms. The fourth-order valence-electron chi connectivity index (χ4n) is 4.58. The van der Waals surface area contributed by atoms with E-state index < -0.39 is 17.7 Å². The molecule has 0 bridgehead atoms. The van der Waals surface area contributed by atoms with Crippen LogP contribution < -0.4 is 14.4 Å². The molecule has 0 radical (unpaired) electrons. The van der Waals surface area contributed by atoms with Crippen LogP contribution in [0.2, 0.25) is 0 Å². The fraction of sp³-hybridized carbons (Fsp3) is 0.259. The Morgan fingerprint density at radius 1 is 1.10 bits per heavy atom. The lowest BCUT2D eigenvalue weighted by atomic mass is 10.1. The standard InChI is InChI=1S/C27H25N7O6/c1-27(2,3)40-26(37)32-8-9-39-22-12-20(21(38-4)11-19(22)32)34-18-10-17(29-13-16(18)23(31-34)25(35)36)15-14-30-33-7-5-6-28-24(15)33/h5-7,10-14H,8-9H2,1-4H3,(H,35,36). The lowest BCUT2D eigenvalue weighted by molar-refractivity contribution is 0.0567. The van der Waals surface area contributed by atoms with Gasteiger partial charge in [0.1, 0.15) is 29.4 Å². The van der Waals surface area contributed by atoms with Crippen LogP contribution in [0.1, 0.15) is 31.3 Å². The van der Waals surface area contributed by atoms with Gasteiger partial charge in [-0.3, -0.25) is 9.88 Å². The van der Waals surface area contributed by atoms with Crippen LogP contribution in [0, 0.1) is 0 Å². The van der Waals surface area contributed by atoms with Gasteiger partial charge in [-0.2, -0.15) is 10.2 Å². The van der Waals surface area contributed by atoms with Gasteiger partial charge in [-0.05, 0) is 32.9 Å². The summed E-state index contributed by atoms with van der Waals surface area (Å²) in [6, 6.07) is 6.81. The van der Waals surface area contributed by atoms with Crippen molar-refractivity contribution >= 4 is 34.3 Å². The molecule has 4 aromatic heterocycles. The van der Waals surface area contributed by atoms with Crippen molar-refractivity contribution in [3.8, 4) is 28.4 Å². The van der Waals surface area contributed by atoms with Crippen LogP contribution in [0.25, 0.3) is 33.5 Å². The highest BCUT2D eigenvalue weighted by Crippen LogP contribution is 2.41. The van der Waals surface area contributed by atoms with E-state index in [4.69, 9.17) is 14.2 Å². The Labute approximate surface area is 227 Å². The molecule has 0 atom stereocenters. The number of hydrogen-bond acceptors (Lipinski definition) is 9. The van der Waals surface area contributed by atoms with Crippen molar-refractivity contribution in [2.75, 3.05) is 25.2 Å². The Morgan fingerprint density at radius 2 is 1.93 bits per heavy atom.